The fraction of sp³-hybridized carbons (Fsp3) is 0.333. The predicted octanol–water partition coefficient (Wildman–Crippen LogP) is 1.76. The molecule has 0 atom stereocenters. The maximum absolute atomic E-state index is 13.6. The van der Waals surface area contributed by atoms with Crippen LogP contribution in [0, 0.1) is 5.82 Å². The Kier molecular flexibility index (Phi) is 5.73. The number of furan rings is 1. The molecule has 0 aliphatic carbocycles. The largest absolute Gasteiger partial charge is 0.460 e. The van der Waals surface area contributed by atoms with Gasteiger partial charge in [0.05, 0.1) is 18.7 Å². The quantitative estimate of drug-likeness (QED) is 0.644. The molecule has 3 N–H and O–H groups in total. The van der Waals surface area contributed by atoms with E-state index in [-0.39, 0.29) is 12.4 Å². The van der Waals surface area contributed by atoms with Crippen molar-refractivity contribution >= 4 is 0 Å². The van der Waals surface area contributed by atoms with Gasteiger partial charge in [0.1, 0.15) is 17.3 Å². The maximum atomic E-state index is 13.6. The third-order valence-electron chi connectivity index (χ3n) is 2.87. The summed E-state index contributed by atoms with van der Waals surface area (Å²) in [5.74, 6) is 1.03. The Morgan fingerprint density at radius 2 is 1.80 bits per heavy atom. The molecule has 0 radical (unpaired) electrons. The van der Waals surface area contributed by atoms with Gasteiger partial charge in [-0.1, -0.05) is 12.1 Å². The first-order chi connectivity index (χ1) is 9.81. The highest BCUT2D eigenvalue weighted by Gasteiger charge is 2.08. The van der Waals surface area contributed by atoms with E-state index in [1.165, 1.54) is 6.07 Å². The number of hydrogen-bond donors (Lipinski definition) is 3. The van der Waals surface area contributed by atoms with Crippen LogP contribution in [0.25, 0.3) is 11.3 Å². The molecule has 5 heteroatoms. The number of aliphatic hydroxyl groups is 1. The van der Waals surface area contributed by atoms with Crippen molar-refractivity contribution in [1.82, 2.24) is 10.6 Å². The van der Waals surface area contributed by atoms with Crippen molar-refractivity contribution in [1.29, 1.82) is 0 Å². The zero-order valence-corrected chi connectivity index (χ0v) is 11.2. The normalized spacial score (nSPS) is 10.9. The van der Waals surface area contributed by atoms with Crippen molar-refractivity contribution in [3.8, 4) is 11.3 Å². The molecule has 0 spiro atoms. The van der Waals surface area contributed by atoms with Crippen molar-refractivity contribution in [2.75, 3.05) is 26.2 Å². The number of aliphatic hydroxyl groups excluding tert-OH is 1. The van der Waals surface area contributed by atoms with E-state index in [1.54, 1.807) is 24.3 Å². The van der Waals surface area contributed by atoms with E-state index in [9.17, 15) is 4.39 Å². The fourth-order valence-corrected chi connectivity index (χ4v) is 1.87. The average Bonchev–Trinajstić information content (AvgIpc) is 2.92. The molecule has 0 saturated carbocycles. The third-order valence-corrected chi connectivity index (χ3v) is 2.87. The van der Waals surface area contributed by atoms with Crippen molar-refractivity contribution in [3.05, 3.63) is 48.0 Å². The Balaban J connectivity index is 1.82. The molecular formula is C15H19FN2O2. The maximum Gasteiger partial charge on any atom is 0.137 e. The lowest BCUT2D eigenvalue weighted by molar-refractivity contribution is 0.292. The minimum absolute atomic E-state index is 0.143. The van der Waals surface area contributed by atoms with E-state index < -0.39 is 0 Å². The zero-order chi connectivity index (χ0) is 14.2. The summed E-state index contributed by atoms with van der Waals surface area (Å²) in [4.78, 5) is 0. The molecule has 2 rings (SSSR count). The second kappa shape index (κ2) is 7.79. The molecule has 0 aliphatic heterocycles. The van der Waals surface area contributed by atoms with E-state index in [4.69, 9.17) is 9.52 Å². The van der Waals surface area contributed by atoms with Gasteiger partial charge in [0.15, 0.2) is 0 Å². The van der Waals surface area contributed by atoms with Gasteiger partial charge in [-0.05, 0) is 24.3 Å². The van der Waals surface area contributed by atoms with Crippen molar-refractivity contribution in [2.45, 2.75) is 6.54 Å². The van der Waals surface area contributed by atoms with Gasteiger partial charge in [-0.25, -0.2) is 4.39 Å². The summed E-state index contributed by atoms with van der Waals surface area (Å²) in [5.41, 5.74) is 0.475. The van der Waals surface area contributed by atoms with Gasteiger partial charge >= 0.3 is 0 Å². The molecule has 4 nitrogen and oxygen atoms in total. The summed E-state index contributed by atoms with van der Waals surface area (Å²) in [5, 5.41) is 14.9. The Bertz CT molecular complexity index is 528. The van der Waals surface area contributed by atoms with Crippen LogP contribution >= 0.6 is 0 Å². The molecule has 0 fully saturated rings. The summed E-state index contributed by atoms with van der Waals surface area (Å²) < 4.78 is 19.2. The lowest BCUT2D eigenvalue weighted by Crippen LogP contribution is -2.28. The molecule has 2 aromatic rings. The summed E-state index contributed by atoms with van der Waals surface area (Å²) in [6, 6.07) is 10.2. The van der Waals surface area contributed by atoms with Gasteiger partial charge < -0.3 is 20.2 Å². The average molecular weight is 278 g/mol. The van der Waals surface area contributed by atoms with Crippen LogP contribution < -0.4 is 10.6 Å². The third kappa shape index (κ3) is 4.16. The van der Waals surface area contributed by atoms with Crippen LogP contribution in [0.4, 0.5) is 4.39 Å². The highest BCUT2D eigenvalue weighted by atomic mass is 19.1. The first-order valence-electron chi connectivity index (χ1n) is 6.67. The second-order valence-corrected chi connectivity index (χ2v) is 4.40. The number of nitrogens with one attached hydrogen (secondary N) is 2. The van der Waals surface area contributed by atoms with Crippen LogP contribution in [0.3, 0.4) is 0 Å². The molecule has 0 aliphatic rings. The smallest absolute Gasteiger partial charge is 0.137 e. The van der Waals surface area contributed by atoms with Crippen LogP contribution in [-0.4, -0.2) is 31.3 Å². The van der Waals surface area contributed by atoms with E-state index in [1.807, 2.05) is 6.07 Å². The number of halogens is 1. The van der Waals surface area contributed by atoms with E-state index in [0.717, 1.165) is 18.8 Å². The highest BCUT2D eigenvalue weighted by molar-refractivity contribution is 5.58. The molecule has 0 bridgehead atoms. The molecule has 1 aromatic heterocycles. The summed E-state index contributed by atoms with van der Waals surface area (Å²) in [7, 11) is 0. The van der Waals surface area contributed by atoms with Crippen molar-refractivity contribution in [2.24, 2.45) is 0 Å². The molecule has 108 valence electrons. The number of rotatable bonds is 8. The van der Waals surface area contributed by atoms with Crippen LogP contribution in [0.5, 0.6) is 0 Å². The summed E-state index contributed by atoms with van der Waals surface area (Å²) in [6.07, 6.45) is 0. The van der Waals surface area contributed by atoms with Crippen molar-refractivity contribution < 1.29 is 13.9 Å². The monoisotopic (exact) mass is 278 g/mol. The van der Waals surface area contributed by atoms with E-state index >= 15 is 0 Å². The Morgan fingerprint density at radius 3 is 2.60 bits per heavy atom. The topological polar surface area (TPSA) is 57.4 Å². The fourth-order valence-electron chi connectivity index (χ4n) is 1.87. The second-order valence-electron chi connectivity index (χ2n) is 4.40. The molecular weight excluding hydrogens is 259 g/mol. The highest BCUT2D eigenvalue weighted by Crippen LogP contribution is 2.24. The van der Waals surface area contributed by atoms with Gasteiger partial charge in [-0.15, -0.1) is 0 Å². The van der Waals surface area contributed by atoms with Crippen molar-refractivity contribution in [3.63, 3.8) is 0 Å². The van der Waals surface area contributed by atoms with Gasteiger partial charge in [-0.2, -0.15) is 0 Å². The standard InChI is InChI=1S/C15H19FN2O2/c16-14-4-2-1-3-13(14)15-6-5-12(20-15)11-18-8-7-17-9-10-19/h1-6,17-19H,7-11H2. The van der Waals surface area contributed by atoms with E-state index in [0.29, 0.717) is 24.4 Å². The summed E-state index contributed by atoms with van der Waals surface area (Å²) in [6.45, 7) is 2.89. The van der Waals surface area contributed by atoms with Gasteiger partial charge in [0.2, 0.25) is 0 Å². The summed E-state index contributed by atoms with van der Waals surface area (Å²) >= 11 is 0. The molecule has 1 aromatic carbocycles. The minimum Gasteiger partial charge on any atom is -0.460 e. The van der Waals surface area contributed by atoms with Gasteiger partial charge in [0, 0.05) is 19.6 Å². The Morgan fingerprint density at radius 1 is 1.00 bits per heavy atom. The minimum atomic E-state index is -0.283. The molecule has 0 amide bonds. The van der Waals surface area contributed by atoms with E-state index in [2.05, 4.69) is 10.6 Å². The number of benzene rings is 1. The Hall–Kier alpha value is -1.69. The molecule has 20 heavy (non-hydrogen) atoms. The van der Waals surface area contributed by atoms with Crippen LogP contribution in [0.15, 0.2) is 40.8 Å². The molecule has 0 saturated heterocycles. The first-order valence-corrected chi connectivity index (χ1v) is 6.67. The predicted molar refractivity (Wildman–Crippen MR) is 75.8 cm³/mol. The van der Waals surface area contributed by atoms with Gasteiger partial charge in [-0.3, -0.25) is 0 Å². The Labute approximate surface area is 117 Å². The van der Waals surface area contributed by atoms with Gasteiger partial charge in [0.25, 0.3) is 0 Å². The lowest BCUT2D eigenvalue weighted by Gasteiger charge is -2.04. The zero-order valence-electron chi connectivity index (χ0n) is 11.2. The first kappa shape index (κ1) is 14.7. The van der Waals surface area contributed by atoms with Crippen LogP contribution in [0.1, 0.15) is 5.76 Å². The molecule has 0 unspecified atom stereocenters. The lowest BCUT2D eigenvalue weighted by atomic mass is 10.1. The van der Waals surface area contributed by atoms with Crippen LogP contribution in [-0.2, 0) is 6.54 Å². The van der Waals surface area contributed by atoms with Crippen LogP contribution in [0.2, 0.25) is 0 Å². The SMILES string of the molecule is OCCNCCNCc1ccc(-c2ccccc2F)o1. The number of hydrogen-bond acceptors (Lipinski definition) is 4. The molecule has 1 heterocycles.